The van der Waals surface area contributed by atoms with Gasteiger partial charge in [-0.2, -0.15) is 0 Å². The molecule has 23 heavy (non-hydrogen) atoms. The summed E-state index contributed by atoms with van der Waals surface area (Å²) in [6.07, 6.45) is 7.50. The van der Waals surface area contributed by atoms with Crippen molar-refractivity contribution < 1.29 is 0 Å². The molecule has 0 fully saturated rings. The number of benzene rings is 1. The van der Waals surface area contributed by atoms with E-state index in [4.69, 9.17) is 11.6 Å². The van der Waals surface area contributed by atoms with Crippen LogP contribution >= 0.6 is 11.6 Å². The molecule has 0 saturated carbocycles. The molecule has 1 atom stereocenters. The van der Waals surface area contributed by atoms with E-state index in [1.807, 2.05) is 48.4 Å². The van der Waals surface area contributed by atoms with Gasteiger partial charge in [0.05, 0.1) is 6.04 Å². The van der Waals surface area contributed by atoms with Gasteiger partial charge in [0, 0.05) is 43.4 Å². The van der Waals surface area contributed by atoms with E-state index in [0.29, 0.717) is 0 Å². The summed E-state index contributed by atoms with van der Waals surface area (Å²) in [5, 5.41) is 0.782. The van der Waals surface area contributed by atoms with Crippen LogP contribution in [0.15, 0.2) is 49.1 Å². The Kier molecular flexibility index (Phi) is 4.50. The molecule has 2 aromatic heterocycles. The smallest absolute Gasteiger partial charge is 0.176 e. The normalized spacial score (nSPS) is 12.7. The van der Waals surface area contributed by atoms with Gasteiger partial charge in [0.1, 0.15) is 0 Å². The van der Waals surface area contributed by atoms with E-state index in [0.717, 1.165) is 28.8 Å². The quantitative estimate of drug-likeness (QED) is 0.721. The third-order valence-electron chi connectivity index (χ3n) is 3.99. The van der Waals surface area contributed by atoms with Crippen LogP contribution in [0, 0.1) is 0 Å². The predicted octanol–water partition coefficient (Wildman–Crippen LogP) is 3.24. The highest BCUT2D eigenvalue weighted by atomic mass is 35.5. The minimum Gasteiger partial charge on any atom is -0.331 e. The molecule has 0 amide bonds. The maximum absolute atomic E-state index is 6.40. The lowest BCUT2D eigenvalue weighted by molar-refractivity contribution is 0.269. The van der Waals surface area contributed by atoms with Gasteiger partial charge in [0.25, 0.3) is 0 Å². The highest BCUT2D eigenvalue weighted by Gasteiger charge is 2.20. The summed E-state index contributed by atoms with van der Waals surface area (Å²) >= 11 is 6.40. The van der Waals surface area contributed by atoms with E-state index >= 15 is 0 Å². The van der Waals surface area contributed by atoms with Crippen molar-refractivity contribution in [2.24, 2.45) is 7.05 Å². The van der Waals surface area contributed by atoms with Crippen molar-refractivity contribution in [2.45, 2.75) is 12.6 Å². The maximum atomic E-state index is 6.40. The van der Waals surface area contributed by atoms with E-state index < -0.39 is 0 Å². The van der Waals surface area contributed by atoms with Gasteiger partial charge in [-0.1, -0.05) is 29.8 Å². The summed E-state index contributed by atoms with van der Waals surface area (Å²) in [6, 6.07) is 8.13. The number of aryl methyl sites for hydroxylation is 1. The van der Waals surface area contributed by atoms with E-state index in [1.165, 1.54) is 0 Å². The molecule has 0 aliphatic rings. The van der Waals surface area contributed by atoms with Crippen LogP contribution in [0.3, 0.4) is 0 Å². The second kappa shape index (κ2) is 6.56. The first-order valence-corrected chi connectivity index (χ1v) is 7.85. The Labute approximate surface area is 141 Å². The number of hydrogen-bond acceptors (Lipinski definition) is 3. The minimum absolute atomic E-state index is 0.150. The van der Waals surface area contributed by atoms with Gasteiger partial charge in [-0.25, -0.2) is 9.97 Å². The highest BCUT2D eigenvalue weighted by molar-refractivity contribution is 6.31. The van der Waals surface area contributed by atoms with Gasteiger partial charge >= 0.3 is 0 Å². The van der Waals surface area contributed by atoms with Gasteiger partial charge < -0.3 is 14.0 Å². The van der Waals surface area contributed by atoms with Crippen LogP contribution in [0.2, 0.25) is 5.02 Å². The molecule has 120 valence electrons. The van der Waals surface area contributed by atoms with Gasteiger partial charge in [-0.05, 0) is 25.7 Å². The third kappa shape index (κ3) is 3.16. The number of halogens is 1. The van der Waals surface area contributed by atoms with Gasteiger partial charge in [-0.15, -0.1) is 0 Å². The second-order valence-electron chi connectivity index (χ2n) is 5.77. The van der Waals surface area contributed by atoms with Crippen molar-refractivity contribution in [1.82, 2.24) is 24.0 Å². The molecule has 0 aliphatic carbocycles. The number of hydrogen-bond donors (Lipinski definition) is 0. The maximum Gasteiger partial charge on any atom is 0.176 e. The lowest BCUT2D eigenvalue weighted by atomic mass is 10.1. The fraction of sp³-hybridized carbons (Fsp3) is 0.294. The zero-order valence-corrected chi connectivity index (χ0v) is 14.3. The summed E-state index contributed by atoms with van der Waals surface area (Å²) < 4.78 is 4.09. The van der Waals surface area contributed by atoms with E-state index in [1.54, 1.807) is 6.20 Å². The van der Waals surface area contributed by atoms with Crippen molar-refractivity contribution in [3.8, 4) is 11.6 Å². The molecule has 0 spiro atoms. The Morgan fingerprint density at radius 3 is 2.43 bits per heavy atom. The standard InChI is InChI=1S/C17H20ClN5/c1-21(2)15(13-6-4-5-7-14(13)18)12-23-11-9-20-17(23)16-19-8-10-22(16)3/h4-11,15H,12H2,1-3H3/t15-/m1/s1. The van der Waals surface area contributed by atoms with E-state index in [-0.39, 0.29) is 6.04 Å². The van der Waals surface area contributed by atoms with Gasteiger partial charge in [0.2, 0.25) is 0 Å². The monoisotopic (exact) mass is 329 g/mol. The first-order chi connectivity index (χ1) is 11.1. The Morgan fingerprint density at radius 1 is 1.09 bits per heavy atom. The van der Waals surface area contributed by atoms with E-state index in [2.05, 4.69) is 39.6 Å². The molecule has 0 bridgehead atoms. The van der Waals surface area contributed by atoms with Crippen molar-refractivity contribution in [2.75, 3.05) is 14.1 Å². The number of nitrogens with zero attached hydrogens (tertiary/aromatic N) is 5. The number of imidazole rings is 2. The van der Waals surface area contributed by atoms with Gasteiger partial charge in [0.15, 0.2) is 11.6 Å². The van der Waals surface area contributed by atoms with Crippen LogP contribution in [0.25, 0.3) is 11.6 Å². The Morgan fingerprint density at radius 2 is 1.78 bits per heavy atom. The lowest BCUT2D eigenvalue weighted by Gasteiger charge is -2.26. The SMILES string of the molecule is CN(C)[C@H](Cn1ccnc1-c1nccn1C)c1ccccc1Cl. The zero-order valence-electron chi connectivity index (χ0n) is 13.5. The molecule has 0 unspecified atom stereocenters. The van der Waals surface area contributed by atoms with Crippen LogP contribution in [0.5, 0.6) is 0 Å². The summed E-state index contributed by atoms with van der Waals surface area (Å²) in [4.78, 5) is 11.0. The second-order valence-corrected chi connectivity index (χ2v) is 6.17. The van der Waals surface area contributed by atoms with Crippen LogP contribution in [-0.4, -0.2) is 38.1 Å². The Hall–Kier alpha value is -2.11. The van der Waals surface area contributed by atoms with Crippen LogP contribution < -0.4 is 0 Å². The van der Waals surface area contributed by atoms with Gasteiger partial charge in [-0.3, -0.25) is 0 Å². The van der Waals surface area contributed by atoms with Crippen molar-refractivity contribution in [3.05, 3.63) is 59.6 Å². The molecule has 5 nitrogen and oxygen atoms in total. The van der Waals surface area contributed by atoms with Crippen molar-refractivity contribution in [3.63, 3.8) is 0 Å². The number of likely N-dealkylation sites (N-methyl/N-ethyl adjacent to an activating group) is 1. The number of rotatable bonds is 5. The summed E-state index contributed by atoms with van der Waals surface area (Å²) in [7, 11) is 6.09. The first-order valence-electron chi connectivity index (χ1n) is 7.47. The Balaban J connectivity index is 1.96. The topological polar surface area (TPSA) is 38.9 Å². The van der Waals surface area contributed by atoms with Crippen molar-refractivity contribution in [1.29, 1.82) is 0 Å². The summed E-state index contributed by atoms with van der Waals surface area (Å²) in [5.41, 5.74) is 1.11. The molecule has 0 saturated heterocycles. The lowest BCUT2D eigenvalue weighted by Crippen LogP contribution is -2.25. The summed E-state index contributed by atoms with van der Waals surface area (Å²) in [5.74, 6) is 1.71. The molecular weight excluding hydrogens is 310 g/mol. The zero-order chi connectivity index (χ0) is 16.4. The Bertz CT molecular complexity index is 790. The highest BCUT2D eigenvalue weighted by Crippen LogP contribution is 2.28. The molecule has 0 aliphatic heterocycles. The minimum atomic E-state index is 0.150. The average Bonchev–Trinajstić information content (AvgIpc) is 3.13. The fourth-order valence-electron chi connectivity index (χ4n) is 2.72. The molecule has 2 heterocycles. The van der Waals surface area contributed by atoms with Crippen LogP contribution in [0.4, 0.5) is 0 Å². The molecular formula is C17H20ClN5. The van der Waals surface area contributed by atoms with E-state index in [9.17, 15) is 0 Å². The van der Waals surface area contributed by atoms with Crippen LogP contribution in [-0.2, 0) is 13.6 Å². The molecule has 1 aromatic carbocycles. The first kappa shape index (κ1) is 15.8. The molecule has 3 rings (SSSR count). The third-order valence-corrected chi connectivity index (χ3v) is 4.34. The predicted molar refractivity (Wildman–Crippen MR) is 92.3 cm³/mol. The van der Waals surface area contributed by atoms with Crippen LogP contribution in [0.1, 0.15) is 11.6 Å². The number of aromatic nitrogens is 4. The average molecular weight is 330 g/mol. The summed E-state index contributed by atoms with van der Waals surface area (Å²) in [6.45, 7) is 0.749. The molecule has 3 aromatic rings. The van der Waals surface area contributed by atoms with Crippen molar-refractivity contribution >= 4 is 11.6 Å². The molecule has 6 heteroatoms. The fourth-order valence-corrected chi connectivity index (χ4v) is 2.98. The molecule has 0 N–H and O–H groups in total. The largest absolute Gasteiger partial charge is 0.331 e. The molecule has 0 radical (unpaired) electrons.